The number of aromatic nitrogens is 2. The van der Waals surface area contributed by atoms with Crippen molar-refractivity contribution in [1.82, 2.24) is 8.94 Å². The van der Waals surface area contributed by atoms with Gasteiger partial charge >= 0.3 is 0 Å². The van der Waals surface area contributed by atoms with E-state index in [0.717, 1.165) is 17.1 Å². The first-order chi connectivity index (χ1) is 12.8. The molecular formula is C21H16ClN3OS. The highest BCUT2D eigenvalue weighted by Crippen LogP contribution is 2.21. The lowest BCUT2D eigenvalue weighted by Crippen LogP contribution is -2.05. The van der Waals surface area contributed by atoms with Crippen molar-refractivity contribution in [3.63, 3.8) is 0 Å². The van der Waals surface area contributed by atoms with Gasteiger partial charge in [0, 0.05) is 11.1 Å². The molecule has 0 radical (unpaired) electrons. The standard InChI is InChI=1S/C21H15N3OS.ClH/c25-20(17-12-6-2-7-13-17)23-21-22-19(16-10-4-1-5-11-16)24(26-21)18-14-8-3-9-15-18;/h1-15H;1H. The van der Waals surface area contributed by atoms with E-state index in [9.17, 15) is 4.79 Å². The zero-order valence-electron chi connectivity index (χ0n) is 14.2. The van der Waals surface area contributed by atoms with Gasteiger partial charge in [-0.3, -0.25) is 4.79 Å². The summed E-state index contributed by atoms with van der Waals surface area (Å²) in [5.41, 5.74) is 2.51. The van der Waals surface area contributed by atoms with E-state index in [1.54, 1.807) is 12.1 Å². The van der Waals surface area contributed by atoms with E-state index < -0.39 is 0 Å². The number of para-hydroxylation sites is 1. The Balaban J connectivity index is 0.00000210. The Morgan fingerprint density at radius 1 is 0.815 bits per heavy atom. The van der Waals surface area contributed by atoms with Gasteiger partial charge in [0.05, 0.1) is 5.69 Å². The number of benzene rings is 3. The van der Waals surface area contributed by atoms with Gasteiger partial charge in [-0.1, -0.05) is 66.7 Å². The SMILES string of the molecule is Cl.O=C(N=c1nc(-c2ccccc2)n(-c2ccccc2)s1)c1ccccc1. The second-order valence-electron chi connectivity index (χ2n) is 5.59. The zero-order chi connectivity index (χ0) is 17.8. The highest BCUT2D eigenvalue weighted by molar-refractivity contribution is 7.04. The molecule has 0 atom stereocenters. The number of nitrogens with zero attached hydrogens (tertiary/aromatic N) is 3. The molecule has 0 N–H and O–H groups in total. The fraction of sp³-hybridized carbons (Fsp3) is 0. The molecule has 0 saturated carbocycles. The quantitative estimate of drug-likeness (QED) is 0.503. The van der Waals surface area contributed by atoms with E-state index in [2.05, 4.69) is 9.98 Å². The Labute approximate surface area is 167 Å². The topological polar surface area (TPSA) is 47.2 Å². The van der Waals surface area contributed by atoms with Crippen LogP contribution < -0.4 is 4.80 Å². The van der Waals surface area contributed by atoms with Gasteiger partial charge < -0.3 is 0 Å². The summed E-state index contributed by atoms with van der Waals surface area (Å²) in [6.45, 7) is 0. The van der Waals surface area contributed by atoms with Crippen LogP contribution in [0.2, 0.25) is 0 Å². The van der Waals surface area contributed by atoms with Gasteiger partial charge in [0.15, 0.2) is 5.82 Å². The summed E-state index contributed by atoms with van der Waals surface area (Å²) in [4.78, 5) is 21.7. The molecule has 1 heterocycles. The fourth-order valence-corrected chi connectivity index (χ4v) is 3.44. The Morgan fingerprint density at radius 2 is 1.37 bits per heavy atom. The van der Waals surface area contributed by atoms with E-state index >= 15 is 0 Å². The summed E-state index contributed by atoms with van der Waals surface area (Å²) < 4.78 is 1.99. The Kier molecular flexibility index (Phi) is 5.96. The summed E-state index contributed by atoms with van der Waals surface area (Å²) in [6.07, 6.45) is 0. The first-order valence-corrected chi connectivity index (χ1v) is 8.94. The van der Waals surface area contributed by atoms with Crippen LogP contribution in [0.5, 0.6) is 0 Å². The van der Waals surface area contributed by atoms with Crippen molar-refractivity contribution in [3.8, 4) is 17.1 Å². The molecule has 0 spiro atoms. The molecule has 27 heavy (non-hydrogen) atoms. The highest BCUT2D eigenvalue weighted by atomic mass is 35.5. The van der Waals surface area contributed by atoms with Crippen LogP contribution in [-0.2, 0) is 0 Å². The van der Waals surface area contributed by atoms with E-state index in [0.29, 0.717) is 10.4 Å². The number of halogens is 1. The molecule has 0 saturated heterocycles. The Morgan fingerprint density at radius 3 is 2.00 bits per heavy atom. The lowest BCUT2D eigenvalue weighted by molar-refractivity contribution is 0.0998. The second-order valence-corrected chi connectivity index (χ2v) is 6.50. The third-order valence-corrected chi connectivity index (χ3v) is 4.72. The van der Waals surface area contributed by atoms with Crippen LogP contribution in [0.15, 0.2) is 96.0 Å². The molecule has 134 valence electrons. The number of rotatable bonds is 3. The maximum Gasteiger partial charge on any atom is 0.279 e. The molecule has 4 aromatic rings. The van der Waals surface area contributed by atoms with Gasteiger partial charge in [0.2, 0.25) is 4.80 Å². The van der Waals surface area contributed by atoms with Crippen LogP contribution in [0.3, 0.4) is 0 Å². The lowest BCUT2D eigenvalue weighted by Gasteiger charge is -2.05. The third-order valence-electron chi connectivity index (χ3n) is 3.81. The molecule has 4 rings (SSSR count). The summed E-state index contributed by atoms with van der Waals surface area (Å²) in [5, 5.41) is 0. The fourth-order valence-electron chi connectivity index (χ4n) is 2.57. The molecule has 0 fully saturated rings. The van der Waals surface area contributed by atoms with Crippen molar-refractivity contribution in [3.05, 3.63) is 101 Å². The first-order valence-electron chi connectivity index (χ1n) is 8.16. The summed E-state index contributed by atoms with van der Waals surface area (Å²) >= 11 is 1.35. The summed E-state index contributed by atoms with van der Waals surface area (Å²) in [6, 6.07) is 28.9. The van der Waals surface area contributed by atoms with Crippen molar-refractivity contribution >= 4 is 29.8 Å². The summed E-state index contributed by atoms with van der Waals surface area (Å²) in [7, 11) is 0. The number of amides is 1. The Bertz CT molecular complexity index is 1030. The summed E-state index contributed by atoms with van der Waals surface area (Å²) in [5.74, 6) is 0.473. The second kappa shape index (κ2) is 8.58. The van der Waals surface area contributed by atoms with E-state index in [1.165, 1.54) is 11.5 Å². The van der Waals surface area contributed by atoms with Crippen LogP contribution in [0.1, 0.15) is 10.4 Å². The van der Waals surface area contributed by atoms with E-state index in [4.69, 9.17) is 0 Å². The highest BCUT2D eigenvalue weighted by Gasteiger charge is 2.11. The third kappa shape index (κ3) is 4.22. The minimum Gasteiger partial charge on any atom is -0.267 e. The van der Waals surface area contributed by atoms with Crippen molar-refractivity contribution in [2.24, 2.45) is 4.99 Å². The average molecular weight is 394 g/mol. The maximum absolute atomic E-state index is 12.4. The van der Waals surface area contributed by atoms with Gasteiger partial charge in [-0.15, -0.1) is 12.4 Å². The van der Waals surface area contributed by atoms with Crippen molar-refractivity contribution in [2.45, 2.75) is 0 Å². The largest absolute Gasteiger partial charge is 0.279 e. The molecule has 1 aromatic heterocycles. The molecular weight excluding hydrogens is 378 g/mol. The normalized spacial score (nSPS) is 11.0. The first kappa shape index (κ1) is 18.8. The molecule has 1 amide bonds. The molecule has 0 bridgehead atoms. The Hall–Kier alpha value is -3.02. The van der Waals surface area contributed by atoms with E-state index in [1.807, 2.05) is 82.8 Å². The van der Waals surface area contributed by atoms with Gasteiger partial charge in [-0.2, -0.15) is 9.98 Å². The molecule has 0 aliphatic heterocycles. The minimum absolute atomic E-state index is 0. The monoisotopic (exact) mass is 393 g/mol. The van der Waals surface area contributed by atoms with Crippen molar-refractivity contribution in [1.29, 1.82) is 0 Å². The average Bonchev–Trinajstić information content (AvgIpc) is 3.14. The lowest BCUT2D eigenvalue weighted by atomic mass is 10.2. The molecule has 3 aromatic carbocycles. The number of carbonyl (C=O) groups is 1. The van der Waals surface area contributed by atoms with Crippen LogP contribution in [0, 0.1) is 0 Å². The number of hydrogen-bond acceptors (Lipinski definition) is 3. The van der Waals surface area contributed by atoms with Crippen LogP contribution >= 0.6 is 23.9 Å². The van der Waals surface area contributed by atoms with Crippen LogP contribution in [0.25, 0.3) is 17.1 Å². The molecule has 0 aliphatic rings. The van der Waals surface area contributed by atoms with Gasteiger partial charge in [0.1, 0.15) is 0 Å². The van der Waals surface area contributed by atoms with E-state index in [-0.39, 0.29) is 18.3 Å². The van der Waals surface area contributed by atoms with Crippen molar-refractivity contribution < 1.29 is 4.79 Å². The smallest absolute Gasteiger partial charge is 0.267 e. The van der Waals surface area contributed by atoms with Crippen LogP contribution in [-0.4, -0.2) is 14.8 Å². The molecule has 6 heteroatoms. The molecule has 4 nitrogen and oxygen atoms in total. The predicted molar refractivity (Wildman–Crippen MR) is 110 cm³/mol. The number of hydrogen-bond donors (Lipinski definition) is 0. The van der Waals surface area contributed by atoms with Crippen molar-refractivity contribution in [2.75, 3.05) is 0 Å². The van der Waals surface area contributed by atoms with Crippen LogP contribution in [0.4, 0.5) is 0 Å². The van der Waals surface area contributed by atoms with Gasteiger partial charge in [-0.05, 0) is 35.8 Å². The van der Waals surface area contributed by atoms with Gasteiger partial charge in [-0.25, -0.2) is 3.96 Å². The van der Waals surface area contributed by atoms with Gasteiger partial charge in [0.25, 0.3) is 5.91 Å². The maximum atomic E-state index is 12.4. The zero-order valence-corrected chi connectivity index (χ0v) is 15.9. The minimum atomic E-state index is -0.292. The molecule has 0 unspecified atom stereocenters. The predicted octanol–water partition coefficient (Wildman–Crippen LogP) is 4.76. The number of carbonyl (C=O) groups excluding carboxylic acids is 1. The molecule has 0 aliphatic carbocycles.